The lowest BCUT2D eigenvalue weighted by atomic mass is 9.85. The Kier molecular flexibility index (Phi) is 6.09. The van der Waals surface area contributed by atoms with Gasteiger partial charge in [-0.25, -0.2) is 0 Å². The van der Waals surface area contributed by atoms with Crippen molar-refractivity contribution in [3.8, 4) is 33.4 Å². The number of rotatable bonds is 3. The minimum atomic E-state index is 1.24. The zero-order valence-corrected chi connectivity index (χ0v) is 28.6. The molecule has 50 heavy (non-hydrogen) atoms. The molecule has 232 valence electrons. The number of benzene rings is 9. The summed E-state index contributed by atoms with van der Waals surface area (Å²) in [7, 11) is 0. The van der Waals surface area contributed by atoms with Crippen LogP contribution < -0.4 is 0 Å². The second kappa shape index (κ2) is 10.9. The predicted octanol–water partition coefficient (Wildman–Crippen LogP) is 14.9. The number of thiophene rings is 2. The molecule has 0 radical (unpaired) electrons. The lowest BCUT2D eigenvalue weighted by molar-refractivity contribution is 1.64. The molecule has 0 saturated carbocycles. The van der Waals surface area contributed by atoms with E-state index in [9.17, 15) is 0 Å². The first-order valence-corrected chi connectivity index (χ1v) is 18.7. The quantitative estimate of drug-likeness (QED) is 0.164. The van der Waals surface area contributed by atoms with Crippen LogP contribution in [0.2, 0.25) is 0 Å². The van der Waals surface area contributed by atoms with Crippen LogP contribution in [0.15, 0.2) is 170 Å². The third-order valence-electron chi connectivity index (χ3n) is 10.5. The zero-order chi connectivity index (χ0) is 32.8. The Morgan fingerprint density at radius 1 is 0.280 bits per heavy atom. The fraction of sp³-hybridized carbons (Fsp3) is 0. The van der Waals surface area contributed by atoms with Crippen LogP contribution in [0.4, 0.5) is 0 Å². The van der Waals surface area contributed by atoms with E-state index in [2.05, 4.69) is 170 Å². The van der Waals surface area contributed by atoms with Gasteiger partial charge in [-0.3, -0.25) is 0 Å². The van der Waals surface area contributed by atoms with E-state index in [0.717, 1.165) is 0 Å². The van der Waals surface area contributed by atoms with Crippen molar-refractivity contribution in [2.75, 3.05) is 0 Å². The summed E-state index contributed by atoms with van der Waals surface area (Å²) in [5.74, 6) is 0. The topological polar surface area (TPSA) is 0 Å². The Morgan fingerprint density at radius 2 is 0.780 bits per heavy atom. The Labute approximate surface area is 297 Å². The van der Waals surface area contributed by atoms with E-state index < -0.39 is 0 Å². The average Bonchev–Trinajstić information content (AvgIpc) is 3.76. The Morgan fingerprint density at radius 3 is 1.44 bits per heavy atom. The van der Waals surface area contributed by atoms with Gasteiger partial charge in [-0.1, -0.05) is 152 Å². The minimum Gasteiger partial charge on any atom is -0.135 e. The number of hydrogen-bond acceptors (Lipinski definition) is 2. The van der Waals surface area contributed by atoms with Gasteiger partial charge in [-0.15, -0.1) is 22.7 Å². The highest BCUT2D eigenvalue weighted by molar-refractivity contribution is 7.30. The molecule has 11 rings (SSSR count). The molecule has 0 aliphatic carbocycles. The standard InChI is InChI=1S/C48H28S2/c1-2-12-30(13-3-1)44-33-15-5-7-17-35(33)45(36-18-8-6-16-34(36)44)31-24-22-29(23-25-31)40-28-41-38-26-27-43-46(39-20-10-11-21-42(39)49-43)48(38)50-47(41)37-19-9-4-14-32(37)40/h1-28H. The summed E-state index contributed by atoms with van der Waals surface area (Å²) in [6.07, 6.45) is 0. The summed E-state index contributed by atoms with van der Waals surface area (Å²) < 4.78 is 5.48. The van der Waals surface area contributed by atoms with E-state index in [-0.39, 0.29) is 0 Å². The number of hydrogen-bond donors (Lipinski definition) is 0. The molecule has 0 unspecified atom stereocenters. The molecule has 0 atom stereocenters. The normalized spacial score (nSPS) is 12.0. The van der Waals surface area contributed by atoms with E-state index in [1.54, 1.807) is 0 Å². The number of fused-ring (bicyclic) bond motifs is 11. The second-order valence-electron chi connectivity index (χ2n) is 13.1. The molecule has 0 aliphatic heterocycles. The Balaban J connectivity index is 1.13. The monoisotopic (exact) mass is 668 g/mol. The lowest BCUT2D eigenvalue weighted by Crippen LogP contribution is -1.91. The molecular formula is C48H28S2. The Bertz CT molecular complexity index is 3070. The molecule has 0 aliphatic rings. The molecule has 2 heterocycles. The van der Waals surface area contributed by atoms with Gasteiger partial charge in [-0.05, 0) is 78.5 Å². The highest BCUT2D eigenvalue weighted by Gasteiger charge is 2.19. The highest BCUT2D eigenvalue weighted by Crippen LogP contribution is 2.48. The summed E-state index contributed by atoms with van der Waals surface area (Å²) in [5.41, 5.74) is 7.59. The van der Waals surface area contributed by atoms with Crippen molar-refractivity contribution in [2.24, 2.45) is 0 Å². The highest BCUT2D eigenvalue weighted by atomic mass is 32.1. The SMILES string of the molecule is c1ccc(-c2c3ccccc3c(-c3ccc(-c4cc5c6ccc7sc8ccccc8c7c6sc5c5ccccc45)cc3)c3ccccc23)cc1. The molecule has 0 fully saturated rings. The predicted molar refractivity (Wildman–Crippen MR) is 221 cm³/mol. The zero-order valence-electron chi connectivity index (χ0n) is 27.0. The van der Waals surface area contributed by atoms with Crippen LogP contribution in [0.25, 0.3) is 106 Å². The molecule has 0 spiro atoms. The van der Waals surface area contributed by atoms with Crippen molar-refractivity contribution in [2.45, 2.75) is 0 Å². The fourth-order valence-electron chi connectivity index (χ4n) is 8.27. The summed E-state index contributed by atoms with van der Waals surface area (Å²) in [6, 6.07) is 62.9. The molecule has 9 aromatic carbocycles. The molecule has 2 heteroatoms. The summed E-state index contributed by atoms with van der Waals surface area (Å²) >= 11 is 3.85. The maximum atomic E-state index is 2.45. The van der Waals surface area contributed by atoms with Crippen LogP contribution in [-0.4, -0.2) is 0 Å². The summed E-state index contributed by atoms with van der Waals surface area (Å²) in [4.78, 5) is 0. The van der Waals surface area contributed by atoms with Gasteiger partial charge in [0, 0.05) is 45.7 Å². The molecule has 0 N–H and O–H groups in total. The van der Waals surface area contributed by atoms with E-state index in [0.29, 0.717) is 0 Å². The summed E-state index contributed by atoms with van der Waals surface area (Å²) in [6.45, 7) is 0. The van der Waals surface area contributed by atoms with Gasteiger partial charge in [0.25, 0.3) is 0 Å². The van der Waals surface area contributed by atoms with Crippen LogP contribution in [-0.2, 0) is 0 Å². The maximum absolute atomic E-state index is 2.45. The minimum absolute atomic E-state index is 1.24. The van der Waals surface area contributed by atoms with E-state index in [1.165, 1.54) is 106 Å². The first-order chi connectivity index (χ1) is 24.8. The maximum Gasteiger partial charge on any atom is 0.0448 e. The van der Waals surface area contributed by atoms with Gasteiger partial charge < -0.3 is 0 Å². The first-order valence-electron chi connectivity index (χ1n) is 17.1. The molecule has 0 bridgehead atoms. The van der Waals surface area contributed by atoms with Gasteiger partial charge in [0.2, 0.25) is 0 Å². The largest absolute Gasteiger partial charge is 0.135 e. The third kappa shape index (κ3) is 4.04. The summed E-state index contributed by atoms with van der Waals surface area (Å²) in [5, 5.41) is 13.2. The van der Waals surface area contributed by atoms with Crippen LogP contribution in [0.1, 0.15) is 0 Å². The van der Waals surface area contributed by atoms with Gasteiger partial charge in [0.15, 0.2) is 0 Å². The van der Waals surface area contributed by atoms with Crippen molar-refractivity contribution in [3.05, 3.63) is 170 Å². The first kappa shape index (κ1) is 28.1. The molecular weight excluding hydrogens is 641 g/mol. The molecule has 0 nitrogen and oxygen atoms in total. The molecule has 2 aromatic heterocycles. The van der Waals surface area contributed by atoms with E-state index in [4.69, 9.17) is 0 Å². The van der Waals surface area contributed by atoms with E-state index >= 15 is 0 Å². The van der Waals surface area contributed by atoms with Crippen molar-refractivity contribution in [1.29, 1.82) is 0 Å². The van der Waals surface area contributed by atoms with Crippen LogP contribution in [0.5, 0.6) is 0 Å². The van der Waals surface area contributed by atoms with Gasteiger partial charge in [-0.2, -0.15) is 0 Å². The third-order valence-corrected chi connectivity index (χ3v) is 12.9. The van der Waals surface area contributed by atoms with Gasteiger partial charge >= 0.3 is 0 Å². The second-order valence-corrected chi connectivity index (χ2v) is 15.3. The van der Waals surface area contributed by atoms with Gasteiger partial charge in [0.05, 0.1) is 0 Å². The molecule has 0 amide bonds. The van der Waals surface area contributed by atoms with Gasteiger partial charge in [0.1, 0.15) is 0 Å². The van der Waals surface area contributed by atoms with Crippen molar-refractivity contribution in [3.63, 3.8) is 0 Å². The van der Waals surface area contributed by atoms with E-state index in [1.807, 2.05) is 22.7 Å². The van der Waals surface area contributed by atoms with Crippen molar-refractivity contribution < 1.29 is 0 Å². The van der Waals surface area contributed by atoms with Crippen molar-refractivity contribution in [1.82, 2.24) is 0 Å². The average molecular weight is 669 g/mol. The van der Waals surface area contributed by atoms with Crippen LogP contribution >= 0.6 is 22.7 Å². The van der Waals surface area contributed by atoms with Crippen LogP contribution in [0, 0.1) is 0 Å². The fourth-order valence-corrected chi connectivity index (χ4v) is 10.8. The smallest absolute Gasteiger partial charge is 0.0448 e. The van der Waals surface area contributed by atoms with Crippen molar-refractivity contribution >= 4 is 95.3 Å². The molecule has 11 aromatic rings. The van der Waals surface area contributed by atoms with Crippen LogP contribution in [0.3, 0.4) is 0 Å². The molecule has 0 saturated heterocycles. The lowest BCUT2D eigenvalue weighted by Gasteiger charge is -2.18. The Hall–Kier alpha value is -5.80.